The summed E-state index contributed by atoms with van der Waals surface area (Å²) >= 11 is 3.30. The van der Waals surface area contributed by atoms with Crippen molar-refractivity contribution >= 4 is 26.9 Å². The summed E-state index contributed by atoms with van der Waals surface area (Å²) in [5.74, 6) is -0.126. The van der Waals surface area contributed by atoms with Crippen LogP contribution in [0.2, 0.25) is 0 Å². The van der Waals surface area contributed by atoms with E-state index >= 15 is 0 Å². The van der Waals surface area contributed by atoms with Crippen molar-refractivity contribution in [3.05, 3.63) is 69.4 Å². The van der Waals surface area contributed by atoms with Gasteiger partial charge in [0, 0.05) is 15.4 Å². The van der Waals surface area contributed by atoms with Gasteiger partial charge in [-0.15, -0.1) is 0 Å². The first-order chi connectivity index (χ1) is 9.97. The fraction of sp³-hybridized carbons (Fsp3) is 0.125. The molecule has 3 rings (SSSR count). The number of nitrogens with two attached hydrogens (primary N) is 1. The largest absolute Gasteiger partial charge is 0.459 e. The van der Waals surface area contributed by atoms with Crippen LogP contribution >= 0.6 is 15.9 Å². The third-order valence-electron chi connectivity index (χ3n) is 3.52. The molecular weight excluding hydrogens is 340 g/mol. The molecule has 0 spiro atoms. The van der Waals surface area contributed by atoms with Gasteiger partial charge in [0.15, 0.2) is 0 Å². The Morgan fingerprint density at radius 3 is 2.48 bits per heavy atom. The van der Waals surface area contributed by atoms with Crippen LogP contribution in [0.5, 0.6) is 0 Å². The van der Waals surface area contributed by atoms with Gasteiger partial charge in [-0.2, -0.15) is 0 Å². The first-order valence-electron chi connectivity index (χ1n) is 6.36. The van der Waals surface area contributed by atoms with E-state index in [2.05, 4.69) is 15.9 Å². The second kappa shape index (κ2) is 5.24. The lowest BCUT2D eigenvalue weighted by Gasteiger charge is -2.12. The SMILES string of the molecule is Cc1c(C(N)c2ccc(F)cc2Br)oc2ccc(F)cc12. The Kier molecular flexibility index (Phi) is 3.55. The first kappa shape index (κ1) is 14.2. The van der Waals surface area contributed by atoms with Crippen LogP contribution in [0.1, 0.15) is 22.9 Å². The van der Waals surface area contributed by atoms with Crippen LogP contribution < -0.4 is 5.73 Å². The van der Waals surface area contributed by atoms with Gasteiger partial charge < -0.3 is 10.2 Å². The lowest BCUT2D eigenvalue weighted by molar-refractivity contribution is 0.519. The average Bonchev–Trinajstić information content (AvgIpc) is 2.75. The van der Waals surface area contributed by atoms with E-state index in [1.165, 1.54) is 24.3 Å². The van der Waals surface area contributed by atoms with E-state index in [0.29, 0.717) is 26.8 Å². The number of aryl methyl sites for hydroxylation is 1. The minimum absolute atomic E-state index is 0.325. The van der Waals surface area contributed by atoms with E-state index in [1.54, 1.807) is 12.1 Å². The summed E-state index contributed by atoms with van der Waals surface area (Å²) in [6.07, 6.45) is 0. The topological polar surface area (TPSA) is 39.2 Å². The van der Waals surface area contributed by atoms with Crippen LogP contribution in [-0.4, -0.2) is 0 Å². The molecule has 1 aromatic heterocycles. The molecule has 1 unspecified atom stereocenters. The number of benzene rings is 2. The molecule has 0 fully saturated rings. The lowest BCUT2D eigenvalue weighted by Crippen LogP contribution is -2.12. The van der Waals surface area contributed by atoms with Gasteiger partial charge in [-0.25, -0.2) is 8.78 Å². The van der Waals surface area contributed by atoms with Crippen molar-refractivity contribution < 1.29 is 13.2 Å². The highest BCUT2D eigenvalue weighted by Crippen LogP contribution is 2.34. The van der Waals surface area contributed by atoms with Gasteiger partial charge in [-0.1, -0.05) is 22.0 Å². The van der Waals surface area contributed by atoms with Crippen LogP contribution in [0.3, 0.4) is 0 Å². The number of hydrogen-bond donors (Lipinski definition) is 1. The van der Waals surface area contributed by atoms with Crippen LogP contribution in [-0.2, 0) is 0 Å². The Balaban J connectivity index is 2.13. The van der Waals surface area contributed by atoms with Gasteiger partial charge in [-0.05, 0) is 42.8 Å². The summed E-state index contributed by atoms with van der Waals surface area (Å²) < 4.78 is 32.8. The van der Waals surface area contributed by atoms with Gasteiger partial charge >= 0.3 is 0 Å². The predicted molar refractivity (Wildman–Crippen MR) is 81.0 cm³/mol. The van der Waals surface area contributed by atoms with Crippen LogP contribution in [0.15, 0.2) is 45.3 Å². The van der Waals surface area contributed by atoms with Crippen LogP contribution in [0.25, 0.3) is 11.0 Å². The Morgan fingerprint density at radius 2 is 1.76 bits per heavy atom. The first-order valence-corrected chi connectivity index (χ1v) is 7.15. The zero-order chi connectivity index (χ0) is 15.1. The normalized spacial score (nSPS) is 12.8. The smallest absolute Gasteiger partial charge is 0.134 e. The number of hydrogen-bond acceptors (Lipinski definition) is 2. The number of rotatable bonds is 2. The Morgan fingerprint density at radius 1 is 1.10 bits per heavy atom. The molecule has 2 nitrogen and oxygen atoms in total. The standard InChI is InChI=1S/C16H12BrF2NO/c1-8-12-6-9(18)3-5-14(12)21-16(8)15(20)11-4-2-10(19)7-13(11)17/h2-7,15H,20H2,1H3. The van der Waals surface area contributed by atoms with E-state index < -0.39 is 6.04 Å². The number of furan rings is 1. The zero-order valence-electron chi connectivity index (χ0n) is 11.2. The Bertz CT molecular complexity index is 829. The molecule has 0 saturated heterocycles. The average molecular weight is 352 g/mol. The quantitative estimate of drug-likeness (QED) is 0.718. The predicted octanol–water partition coefficient (Wildman–Crippen LogP) is 4.83. The highest BCUT2D eigenvalue weighted by Gasteiger charge is 2.21. The van der Waals surface area contributed by atoms with Gasteiger partial charge in [0.2, 0.25) is 0 Å². The molecule has 5 heteroatoms. The molecule has 2 N–H and O–H groups in total. The molecule has 0 bridgehead atoms. The molecule has 1 heterocycles. The Labute approximate surface area is 128 Å². The summed E-state index contributed by atoms with van der Waals surface area (Å²) in [4.78, 5) is 0. The third kappa shape index (κ3) is 2.47. The van der Waals surface area contributed by atoms with E-state index in [1.807, 2.05) is 6.92 Å². The van der Waals surface area contributed by atoms with Gasteiger partial charge in [-0.3, -0.25) is 0 Å². The summed E-state index contributed by atoms with van der Waals surface area (Å²) in [6, 6.07) is 8.09. The second-order valence-corrected chi connectivity index (χ2v) is 5.73. The van der Waals surface area contributed by atoms with E-state index in [-0.39, 0.29) is 11.6 Å². The van der Waals surface area contributed by atoms with E-state index in [0.717, 1.165) is 5.56 Å². The highest BCUT2D eigenvalue weighted by atomic mass is 79.9. The summed E-state index contributed by atoms with van der Waals surface area (Å²) in [5.41, 5.74) is 8.30. The molecule has 0 aliphatic heterocycles. The molecule has 0 radical (unpaired) electrons. The second-order valence-electron chi connectivity index (χ2n) is 4.88. The van der Waals surface area contributed by atoms with E-state index in [4.69, 9.17) is 10.2 Å². The number of fused-ring (bicyclic) bond motifs is 1. The molecule has 21 heavy (non-hydrogen) atoms. The fourth-order valence-corrected chi connectivity index (χ4v) is 3.00. The van der Waals surface area contributed by atoms with Crippen molar-refractivity contribution in [1.82, 2.24) is 0 Å². The molecule has 2 aromatic carbocycles. The molecule has 0 amide bonds. The molecule has 0 saturated carbocycles. The molecule has 0 aliphatic carbocycles. The van der Waals surface area contributed by atoms with Gasteiger partial charge in [0.1, 0.15) is 23.0 Å². The molecule has 0 aliphatic rings. The summed E-state index contributed by atoms with van der Waals surface area (Å²) in [6.45, 7) is 1.83. The maximum Gasteiger partial charge on any atom is 0.134 e. The molecule has 1 atom stereocenters. The number of halogens is 3. The van der Waals surface area contributed by atoms with Crippen LogP contribution in [0.4, 0.5) is 8.78 Å². The maximum absolute atomic E-state index is 13.3. The maximum atomic E-state index is 13.3. The van der Waals surface area contributed by atoms with Crippen molar-refractivity contribution in [2.45, 2.75) is 13.0 Å². The van der Waals surface area contributed by atoms with Crippen molar-refractivity contribution in [3.8, 4) is 0 Å². The van der Waals surface area contributed by atoms with Gasteiger partial charge in [0.05, 0.1) is 6.04 Å². The highest BCUT2D eigenvalue weighted by molar-refractivity contribution is 9.10. The Hall–Kier alpha value is -1.72. The van der Waals surface area contributed by atoms with E-state index in [9.17, 15) is 8.78 Å². The van der Waals surface area contributed by atoms with Gasteiger partial charge in [0.25, 0.3) is 0 Å². The van der Waals surface area contributed by atoms with Crippen LogP contribution in [0, 0.1) is 18.6 Å². The molecule has 3 aromatic rings. The van der Waals surface area contributed by atoms with Crippen molar-refractivity contribution in [1.29, 1.82) is 0 Å². The fourth-order valence-electron chi connectivity index (χ4n) is 2.40. The minimum Gasteiger partial charge on any atom is -0.459 e. The van der Waals surface area contributed by atoms with Crippen molar-refractivity contribution in [2.75, 3.05) is 0 Å². The monoisotopic (exact) mass is 351 g/mol. The minimum atomic E-state index is -0.560. The van der Waals surface area contributed by atoms with Crippen molar-refractivity contribution in [2.24, 2.45) is 5.73 Å². The zero-order valence-corrected chi connectivity index (χ0v) is 12.7. The third-order valence-corrected chi connectivity index (χ3v) is 4.20. The molecular formula is C16H12BrF2NO. The summed E-state index contributed by atoms with van der Waals surface area (Å²) in [5, 5.41) is 0.693. The van der Waals surface area contributed by atoms with Crippen molar-refractivity contribution in [3.63, 3.8) is 0 Å². The molecule has 108 valence electrons. The summed E-state index contributed by atoms with van der Waals surface area (Å²) in [7, 11) is 0. The lowest BCUT2D eigenvalue weighted by atomic mass is 10.0.